The molecular formula is C9H18N6. The van der Waals surface area contributed by atoms with Crippen LogP contribution < -0.4 is 11.1 Å². The van der Waals surface area contributed by atoms with Gasteiger partial charge in [-0.3, -0.25) is 4.99 Å². The van der Waals surface area contributed by atoms with Crippen LogP contribution in [0.1, 0.15) is 26.6 Å². The molecule has 0 saturated heterocycles. The van der Waals surface area contributed by atoms with Crippen molar-refractivity contribution < 1.29 is 0 Å². The number of hydrogen-bond donors (Lipinski definition) is 2. The number of aliphatic imine (C=N–C) groups is 1. The van der Waals surface area contributed by atoms with Crippen LogP contribution in [0.2, 0.25) is 0 Å². The highest BCUT2D eigenvalue weighted by Gasteiger charge is 2.17. The summed E-state index contributed by atoms with van der Waals surface area (Å²) >= 11 is 0. The first kappa shape index (κ1) is 11.5. The van der Waals surface area contributed by atoms with Crippen LogP contribution in [0.4, 0.5) is 0 Å². The van der Waals surface area contributed by atoms with Crippen molar-refractivity contribution in [3.8, 4) is 0 Å². The predicted octanol–water partition coefficient (Wildman–Crippen LogP) is 0.0672. The van der Waals surface area contributed by atoms with E-state index in [9.17, 15) is 0 Å². The molecule has 15 heavy (non-hydrogen) atoms. The quantitative estimate of drug-likeness (QED) is 0.534. The lowest BCUT2D eigenvalue weighted by atomic mass is 10.1. The second-order valence-electron chi connectivity index (χ2n) is 4.22. The lowest BCUT2D eigenvalue weighted by Crippen LogP contribution is -2.34. The molecule has 0 unspecified atom stereocenters. The van der Waals surface area contributed by atoms with Gasteiger partial charge in [-0.15, -0.1) is 0 Å². The molecule has 84 valence electrons. The van der Waals surface area contributed by atoms with E-state index >= 15 is 0 Å². The number of nitrogens with zero attached hydrogens (tertiary/aromatic N) is 4. The van der Waals surface area contributed by atoms with Crippen LogP contribution in [0.3, 0.4) is 0 Å². The Morgan fingerprint density at radius 1 is 1.60 bits per heavy atom. The fourth-order valence-electron chi connectivity index (χ4n) is 1.20. The molecule has 0 amide bonds. The minimum atomic E-state index is -0.0777. The third kappa shape index (κ3) is 2.93. The van der Waals surface area contributed by atoms with Gasteiger partial charge in [0.1, 0.15) is 12.2 Å². The maximum absolute atomic E-state index is 5.53. The molecule has 0 aliphatic carbocycles. The van der Waals surface area contributed by atoms with Crippen molar-refractivity contribution in [1.29, 1.82) is 0 Å². The van der Waals surface area contributed by atoms with Gasteiger partial charge in [0.15, 0.2) is 5.96 Å². The summed E-state index contributed by atoms with van der Waals surface area (Å²) in [6.45, 7) is 6.74. The molecule has 1 heterocycles. The number of rotatable bonds is 2. The van der Waals surface area contributed by atoms with Crippen LogP contribution >= 0.6 is 0 Å². The average molecular weight is 210 g/mol. The molecule has 0 radical (unpaired) electrons. The first-order valence-electron chi connectivity index (χ1n) is 4.80. The van der Waals surface area contributed by atoms with Gasteiger partial charge >= 0.3 is 0 Å². The maximum Gasteiger partial charge on any atom is 0.188 e. The molecule has 3 N–H and O–H groups in total. The lowest BCUT2D eigenvalue weighted by Gasteiger charge is -2.21. The highest BCUT2D eigenvalue weighted by molar-refractivity contribution is 5.77. The van der Waals surface area contributed by atoms with Crippen LogP contribution in [0, 0.1) is 0 Å². The molecule has 0 fully saturated rings. The van der Waals surface area contributed by atoms with E-state index in [0.29, 0.717) is 12.5 Å². The smallest absolute Gasteiger partial charge is 0.188 e. The van der Waals surface area contributed by atoms with Crippen molar-refractivity contribution in [2.45, 2.75) is 32.9 Å². The molecule has 0 saturated carbocycles. The summed E-state index contributed by atoms with van der Waals surface area (Å²) in [6.07, 6.45) is 1.54. The summed E-state index contributed by atoms with van der Waals surface area (Å²) in [5, 5.41) is 7.13. The second-order valence-corrected chi connectivity index (χ2v) is 4.22. The minimum Gasteiger partial charge on any atom is -0.370 e. The minimum absolute atomic E-state index is 0.0777. The summed E-state index contributed by atoms with van der Waals surface area (Å²) in [5.74, 6) is 1.24. The Labute approximate surface area is 89.6 Å². The summed E-state index contributed by atoms with van der Waals surface area (Å²) in [5.41, 5.74) is 5.45. The molecule has 6 heteroatoms. The zero-order valence-corrected chi connectivity index (χ0v) is 9.65. The second kappa shape index (κ2) is 4.29. The Kier molecular flexibility index (Phi) is 3.28. The summed E-state index contributed by atoms with van der Waals surface area (Å²) < 4.78 is 1.86. The third-order valence-corrected chi connectivity index (χ3v) is 1.92. The molecule has 0 spiro atoms. The van der Waals surface area contributed by atoms with Crippen LogP contribution in [-0.4, -0.2) is 27.8 Å². The van der Waals surface area contributed by atoms with Crippen molar-refractivity contribution in [2.24, 2.45) is 10.7 Å². The SMILES string of the molecule is CN=C(N)NCc1ncnn1C(C)(C)C. The van der Waals surface area contributed by atoms with Gasteiger partial charge in [0.25, 0.3) is 0 Å². The summed E-state index contributed by atoms with van der Waals surface area (Å²) in [4.78, 5) is 7.97. The zero-order chi connectivity index (χ0) is 11.5. The van der Waals surface area contributed by atoms with Crippen molar-refractivity contribution in [3.05, 3.63) is 12.2 Å². The van der Waals surface area contributed by atoms with Crippen LogP contribution in [0.5, 0.6) is 0 Å². The van der Waals surface area contributed by atoms with E-state index in [1.807, 2.05) is 4.68 Å². The Morgan fingerprint density at radius 2 is 2.27 bits per heavy atom. The molecule has 1 aromatic rings. The number of aromatic nitrogens is 3. The van der Waals surface area contributed by atoms with E-state index < -0.39 is 0 Å². The number of guanidine groups is 1. The van der Waals surface area contributed by atoms with E-state index in [-0.39, 0.29) is 5.54 Å². The Bertz CT molecular complexity index is 346. The summed E-state index contributed by atoms with van der Waals surface area (Å²) in [6, 6.07) is 0. The molecule has 6 nitrogen and oxygen atoms in total. The average Bonchev–Trinajstić information content (AvgIpc) is 2.61. The van der Waals surface area contributed by atoms with Gasteiger partial charge in [0.05, 0.1) is 12.1 Å². The van der Waals surface area contributed by atoms with Gasteiger partial charge < -0.3 is 11.1 Å². The molecule has 0 atom stereocenters. The molecular weight excluding hydrogens is 192 g/mol. The highest BCUT2D eigenvalue weighted by atomic mass is 15.4. The topological polar surface area (TPSA) is 81.1 Å². The van der Waals surface area contributed by atoms with Crippen molar-refractivity contribution >= 4 is 5.96 Å². The lowest BCUT2D eigenvalue weighted by molar-refractivity contribution is 0.340. The van der Waals surface area contributed by atoms with E-state index in [4.69, 9.17) is 5.73 Å². The Hall–Kier alpha value is -1.59. The van der Waals surface area contributed by atoms with Gasteiger partial charge in [-0.05, 0) is 20.8 Å². The monoisotopic (exact) mass is 210 g/mol. The van der Waals surface area contributed by atoms with E-state index in [0.717, 1.165) is 5.82 Å². The first-order valence-corrected chi connectivity index (χ1v) is 4.80. The van der Waals surface area contributed by atoms with Gasteiger partial charge in [-0.25, -0.2) is 9.67 Å². The Morgan fingerprint density at radius 3 is 2.80 bits per heavy atom. The molecule has 0 bridgehead atoms. The molecule has 0 aliphatic heterocycles. The van der Waals surface area contributed by atoms with Crippen LogP contribution in [-0.2, 0) is 12.1 Å². The third-order valence-electron chi connectivity index (χ3n) is 1.92. The van der Waals surface area contributed by atoms with Crippen LogP contribution in [0.25, 0.3) is 0 Å². The van der Waals surface area contributed by atoms with E-state index in [1.54, 1.807) is 13.4 Å². The molecule has 0 aliphatic rings. The zero-order valence-electron chi connectivity index (χ0n) is 9.65. The van der Waals surface area contributed by atoms with Crippen molar-refractivity contribution in [3.63, 3.8) is 0 Å². The van der Waals surface area contributed by atoms with E-state index in [1.165, 1.54) is 0 Å². The van der Waals surface area contributed by atoms with Gasteiger partial charge in [0, 0.05) is 7.05 Å². The molecule has 1 aromatic heterocycles. The van der Waals surface area contributed by atoms with Gasteiger partial charge in [-0.1, -0.05) is 0 Å². The van der Waals surface area contributed by atoms with Crippen LogP contribution in [0.15, 0.2) is 11.3 Å². The number of hydrogen-bond acceptors (Lipinski definition) is 3. The highest BCUT2D eigenvalue weighted by Crippen LogP contribution is 2.13. The number of nitrogens with two attached hydrogens (primary N) is 1. The van der Waals surface area contributed by atoms with Gasteiger partial charge in [-0.2, -0.15) is 5.10 Å². The summed E-state index contributed by atoms with van der Waals surface area (Å²) in [7, 11) is 1.64. The number of nitrogens with one attached hydrogen (secondary N) is 1. The predicted molar refractivity (Wildman–Crippen MR) is 59.4 cm³/mol. The van der Waals surface area contributed by atoms with Crippen molar-refractivity contribution in [2.75, 3.05) is 7.05 Å². The fraction of sp³-hybridized carbons (Fsp3) is 0.667. The largest absolute Gasteiger partial charge is 0.370 e. The maximum atomic E-state index is 5.53. The van der Waals surface area contributed by atoms with Crippen molar-refractivity contribution in [1.82, 2.24) is 20.1 Å². The fourth-order valence-corrected chi connectivity index (χ4v) is 1.20. The van der Waals surface area contributed by atoms with Gasteiger partial charge in [0.2, 0.25) is 0 Å². The molecule has 1 rings (SSSR count). The Balaban J connectivity index is 2.74. The first-order chi connectivity index (χ1) is 6.95. The van der Waals surface area contributed by atoms with E-state index in [2.05, 4.69) is 41.2 Å². The standard InChI is InChI=1S/C9H18N6/c1-9(2,3)15-7(13-6-14-15)5-12-8(10)11-4/h6H,5H2,1-4H3,(H3,10,11,12). The molecule has 0 aromatic carbocycles. The normalized spacial score (nSPS) is 12.9.